The number of nitrogens with zero attached hydrogens (tertiary/aromatic N) is 1. The van der Waals surface area contributed by atoms with Crippen molar-refractivity contribution in [1.29, 1.82) is 0 Å². The van der Waals surface area contributed by atoms with Gasteiger partial charge in [-0.2, -0.15) is 0 Å². The molecule has 0 bridgehead atoms. The molecule has 0 aromatic carbocycles. The predicted octanol–water partition coefficient (Wildman–Crippen LogP) is 4.45. The van der Waals surface area contributed by atoms with Gasteiger partial charge < -0.3 is 5.32 Å². The van der Waals surface area contributed by atoms with Crippen molar-refractivity contribution in [1.82, 2.24) is 10.2 Å². The van der Waals surface area contributed by atoms with Crippen molar-refractivity contribution in [2.75, 3.05) is 19.6 Å². The lowest BCUT2D eigenvalue weighted by molar-refractivity contribution is 0.0794. The number of nitrogens with one attached hydrogen (secondary N) is 1. The van der Waals surface area contributed by atoms with Crippen LogP contribution in [0.25, 0.3) is 0 Å². The molecule has 0 radical (unpaired) electrons. The first-order valence-corrected chi connectivity index (χ1v) is 9.52. The van der Waals surface area contributed by atoms with Crippen LogP contribution in [-0.2, 0) is 0 Å². The second kappa shape index (κ2) is 7.97. The fourth-order valence-electron chi connectivity index (χ4n) is 3.81. The molecule has 2 nitrogen and oxygen atoms in total. The van der Waals surface area contributed by atoms with Crippen LogP contribution in [0.4, 0.5) is 0 Å². The van der Waals surface area contributed by atoms with Crippen LogP contribution in [0.1, 0.15) is 79.1 Å². The molecule has 0 amide bonds. The average Bonchev–Trinajstić information content (AvgIpc) is 3.29. The Labute approximate surface area is 133 Å². The van der Waals surface area contributed by atoms with E-state index in [1.807, 2.05) is 0 Å². The normalized spacial score (nSPS) is 30.3. The minimum Gasteiger partial charge on any atom is -0.314 e. The van der Waals surface area contributed by atoms with Crippen LogP contribution in [-0.4, -0.2) is 36.6 Å². The van der Waals surface area contributed by atoms with Crippen molar-refractivity contribution in [3.8, 4) is 0 Å². The molecule has 1 N–H and O–H groups in total. The molecular formula is C19H38N2. The molecular weight excluding hydrogens is 256 g/mol. The maximum atomic E-state index is 3.76. The summed E-state index contributed by atoms with van der Waals surface area (Å²) in [5, 5.41) is 3.76. The maximum Gasteiger partial charge on any atom is 0.00966 e. The third kappa shape index (κ3) is 5.56. The summed E-state index contributed by atoms with van der Waals surface area (Å²) in [6, 6.07) is 1.54. The van der Waals surface area contributed by atoms with Crippen molar-refractivity contribution in [2.24, 2.45) is 11.3 Å². The fraction of sp³-hybridized carbons (Fsp3) is 1.00. The van der Waals surface area contributed by atoms with E-state index in [-0.39, 0.29) is 0 Å². The molecule has 2 aliphatic rings. The van der Waals surface area contributed by atoms with Crippen molar-refractivity contribution >= 4 is 0 Å². The molecule has 2 aliphatic carbocycles. The summed E-state index contributed by atoms with van der Waals surface area (Å²) < 4.78 is 0. The Hall–Kier alpha value is -0.0800. The monoisotopic (exact) mass is 294 g/mol. The molecule has 0 atom stereocenters. The minimum atomic E-state index is 0.549. The molecule has 0 heterocycles. The highest BCUT2D eigenvalue weighted by Crippen LogP contribution is 2.41. The molecule has 0 unspecified atom stereocenters. The van der Waals surface area contributed by atoms with Crippen LogP contribution in [0.15, 0.2) is 0 Å². The van der Waals surface area contributed by atoms with E-state index in [1.165, 1.54) is 71.0 Å². The van der Waals surface area contributed by atoms with Gasteiger partial charge in [0.05, 0.1) is 0 Å². The SMILES string of the molecule is CCCCN(CC1(CNC(C)C)CCC(C)CC1)C1CC1. The van der Waals surface area contributed by atoms with E-state index >= 15 is 0 Å². The Morgan fingerprint density at radius 3 is 2.33 bits per heavy atom. The second-order valence-corrected chi connectivity index (χ2v) is 8.27. The Bertz CT molecular complexity index is 288. The average molecular weight is 295 g/mol. The molecule has 2 heteroatoms. The summed E-state index contributed by atoms with van der Waals surface area (Å²) in [6.07, 6.45) is 11.4. The van der Waals surface area contributed by atoms with Crippen LogP contribution in [0.5, 0.6) is 0 Å². The highest BCUT2D eigenvalue weighted by atomic mass is 15.2. The van der Waals surface area contributed by atoms with E-state index in [0.717, 1.165) is 12.0 Å². The van der Waals surface area contributed by atoms with Crippen LogP contribution >= 0.6 is 0 Å². The van der Waals surface area contributed by atoms with Gasteiger partial charge in [-0.05, 0) is 50.0 Å². The van der Waals surface area contributed by atoms with Crippen LogP contribution in [0.2, 0.25) is 0 Å². The minimum absolute atomic E-state index is 0.549. The zero-order chi connectivity index (χ0) is 15.3. The lowest BCUT2D eigenvalue weighted by atomic mass is 9.70. The standard InChI is InChI=1S/C19H38N2/c1-5-6-13-21(18-7-8-18)15-19(14-20-16(2)3)11-9-17(4)10-12-19/h16-18,20H,5-15H2,1-4H3. The second-order valence-electron chi connectivity index (χ2n) is 8.27. The van der Waals surface area contributed by atoms with Gasteiger partial charge >= 0.3 is 0 Å². The Kier molecular flexibility index (Phi) is 6.55. The summed E-state index contributed by atoms with van der Waals surface area (Å²) in [4.78, 5) is 2.85. The first-order valence-electron chi connectivity index (χ1n) is 9.52. The Morgan fingerprint density at radius 2 is 1.81 bits per heavy atom. The third-order valence-electron chi connectivity index (χ3n) is 5.62. The van der Waals surface area contributed by atoms with Gasteiger partial charge in [-0.3, -0.25) is 4.90 Å². The quantitative estimate of drug-likeness (QED) is 0.676. The smallest absolute Gasteiger partial charge is 0.00966 e. The highest BCUT2D eigenvalue weighted by Gasteiger charge is 2.39. The molecule has 0 saturated heterocycles. The van der Waals surface area contributed by atoms with Gasteiger partial charge in [-0.15, -0.1) is 0 Å². The van der Waals surface area contributed by atoms with E-state index < -0.39 is 0 Å². The molecule has 2 saturated carbocycles. The lowest BCUT2D eigenvalue weighted by Gasteiger charge is -2.43. The third-order valence-corrected chi connectivity index (χ3v) is 5.62. The van der Waals surface area contributed by atoms with Gasteiger partial charge in [0.15, 0.2) is 0 Å². The van der Waals surface area contributed by atoms with E-state index in [0.29, 0.717) is 11.5 Å². The lowest BCUT2D eigenvalue weighted by Crippen LogP contribution is -2.48. The van der Waals surface area contributed by atoms with Crippen LogP contribution in [0.3, 0.4) is 0 Å². The van der Waals surface area contributed by atoms with Crippen molar-refractivity contribution in [2.45, 2.75) is 91.1 Å². The Morgan fingerprint density at radius 1 is 1.14 bits per heavy atom. The van der Waals surface area contributed by atoms with Crippen molar-refractivity contribution in [3.05, 3.63) is 0 Å². The molecule has 124 valence electrons. The number of rotatable bonds is 9. The molecule has 0 spiro atoms. The zero-order valence-corrected chi connectivity index (χ0v) is 15.0. The largest absolute Gasteiger partial charge is 0.314 e. The summed E-state index contributed by atoms with van der Waals surface area (Å²) in [5.41, 5.74) is 0.549. The summed E-state index contributed by atoms with van der Waals surface area (Å²) >= 11 is 0. The van der Waals surface area contributed by atoms with E-state index in [2.05, 4.69) is 37.9 Å². The number of hydrogen-bond acceptors (Lipinski definition) is 2. The predicted molar refractivity (Wildman–Crippen MR) is 92.7 cm³/mol. The van der Waals surface area contributed by atoms with Gasteiger partial charge in [-0.25, -0.2) is 0 Å². The summed E-state index contributed by atoms with van der Waals surface area (Å²) in [6.45, 7) is 13.2. The van der Waals surface area contributed by atoms with Gasteiger partial charge in [-0.1, -0.05) is 47.0 Å². The summed E-state index contributed by atoms with van der Waals surface area (Å²) in [5.74, 6) is 0.946. The molecule has 2 fully saturated rings. The molecule has 0 aromatic heterocycles. The van der Waals surface area contributed by atoms with E-state index in [9.17, 15) is 0 Å². The first-order chi connectivity index (χ1) is 10.0. The molecule has 0 aromatic rings. The number of hydrogen-bond donors (Lipinski definition) is 1. The van der Waals surface area contributed by atoms with Gasteiger partial charge in [0, 0.05) is 25.2 Å². The first kappa shape index (κ1) is 17.3. The van der Waals surface area contributed by atoms with Gasteiger partial charge in [0.1, 0.15) is 0 Å². The molecule has 2 rings (SSSR count). The fourth-order valence-corrected chi connectivity index (χ4v) is 3.81. The molecule has 0 aliphatic heterocycles. The highest BCUT2D eigenvalue weighted by molar-refractivity contribution is 4.94. The topological polar surface area (TPSA) is 15.3 Å². The molecule has 21 heavy (non-hydrogen) atoms. The zero-order valence-electron chi connectivity index (χ0n) is 15.0. The van der Waals surface area contributed by atoms with E-state index in [4.69, 9.17) is 0 Å². The maximum absolute atomic E-state index is 3.76. The summed E-state index contributed by atoms with van der Waals surface area (Å²) in [7, 11) is 0. The van der Waals surface area contributed by atoms with E-state index in [1.54, 1.807) is 0 Å². The number of unbranched alkanes of at least 4 members (excludes halogenated alkanes) is 1. The van der Waals surface area contributed by atoms with Gasteiger partial charge in [0.25, 0.3) is 0 Å². The Balaban J connectivity index is 1.96. The van der Waals surface area contributed by atoms with Gasteiger partial charge in [0.2, 0.25) is 0 Å². The van der Waals surface area contributed by atoms with Crippen LogP contribution < -0.4 is 5.32 Å². The van der Waals surface area contributed by atoms with Crippen molar-refractivity contribution in [3.63, 3.8) is 0 Å². The van der Waals surface area contributed by atoms with Crippen LogP contribution in [0, 0.1) is 11.3 Å². The van der Waals surface area contributed by atoms with Crippen molar-refractivity contribution < 1.29 is 0 Å².